The van der Waals surface area contributed by atoms with E-state index in [2.05, 4.69) is 217 Å². The number of nitrogens with zero attached hydrogens (tertiary/aromatic N) is 1. The molecule has 1 aliphatic carbocycles. The normalized spacial score (nSPS) is 11.9. The molecule has 1 heterocycles. The summed E-state index contributed by atoms with van der Waals surface area (Å²) in [5.41, 5.74) is 15.8. The molecule has 0 radical (unpaired) electrons. The Morgan fingerprint density at radius 1 is 0.304 bits per heavy atom. The third-order valence-corrected chi connectivity index (χ3v) is 12.4. The van der Waals surface area contributed by atoms with Crippen LogP contribution in [-0.2, 0) is 0 Å². The maximum atomic E-state index is 2.39. The summed E-state index contributed by atoms with van der Waals surface area (Å²) in [5.74, 6) is 0. The molecule has 9 aromatic carbocycles. The number of fused-ring (bicyclic) bond motifs is 3. The molecule has 0 saturated heterocycles. The summed E-state index contributed by atoms with van der Waals surface area (Å²) in [6.07, 6.45) is 4.49. The minimum atomic E-state index is 1.11. The van der Waals surface area contributed by atoms with E-state index in [1.165, 1.54) is 86.6 Å². The van der Waals surface area contributed by atoms with Crippen molar-refractivity contribution in [1.82, 2.24) is 0 Å². The molecule has 0 spiro atoms. The van der Waals surface area contributed by atoms with Gasteiger partial charge in [-0.3, -0.25) is 0 Å². The SMILES string of the molecule is C1=Cc2ccc(-c3ccc(N(c4ccc(-c5ccccc5)cc4)c4ccc5c(c4)sc4cc(-c6ccccc6)ccc45)cc3)c3c(-c4ccccc4)ccc1c23. The molecular formula is C54H35NS. The molecule has 1 aliphatic rings. The lowest BCUT2D eigenvalue weighted by Crippen LogP contribution is -2.09. The van der Waals surface area contributed by atoms with E-state index in [4.69, 9.17) is 0 Å². The summed E-state index contributed by atoms with van der Waals surface area (Å²) < 4.78 is 2.58. The molecule has 0 aliphatic heterocycles. The van der Waals surface area contributed by atoms with Gasteiger partial charge in [0.2, 0.25) is 0 Å². The first-order chi connectivity index (χ1) is 27.7. The molecule has 2 heteroatoms. The van der Waals surface area contributed by atoms with Crippen molar-refractivity contribution < 1.29 is 0 Å². The molecule has 56 heavy (non-hydrogen) atoms. The summed E-state index contributed by atoms with van der Waals surface area (Å²) in [6.45, 7) is 0. The number of hydrogen-bond acceptors (Lipinski definition) is 2. The van der Waals surface area contributed by atoms with Gasteiger partial charge in [-0.15, -0.1) is 11.3 Å². The number of rotatable bonds is 7. The fourth-order valence-electron chi connectivity index (χ4n) is 8.49. The minimum Gasteiger partial charge on any atom is -0.310 e. The molecule has 0 saturated carbocycles. The summed E-state index contributed by atoms with van der Waals surface area (Å²) >= 11 is 1.87. The number of benzene rings is 9. The van der Waals surface area contributed by atoms with Gasteiger partial charge in [-0.2, -0.15) is 0 Å². The zero-order chi connectivity index (χ0) is 37.0. The smallest absolute Gasteiger partial charge is 0.0476 e. The highest BCUT2D eigenvalue weighted by Gasteiger charge is 2.19. The van der Waals surface area contributed by atoms with Crippen molar-refractivity contribution >= 4 is 71.5 Å². The molecule has 0 N–H and O–H groups in total. The molecule has 11 rings (SSSR count). The number of thiophene rings is 1. The molecular weight excluding hydrogens is 695 g/mol. The van der Waals surface area contributed by atoms with Crippen LogP contribution in [0.5, 0.6) is 0 Å². The van der Waals surface area contributed by atoms with Crippen LogP contribution in [0.1, 0.15) is 11.1 Å². The van der Waals surface area contributed by atoms with Crippen molar-refractivity contribution in [1.29, 1.82) is 0 Å². The fourth-order valence-corrected chi connectivity index (χ4v) is 9.67. The maximum absolute atomic E-state index is 2.39. The van der Waals surface area contributed by atoms with E-state index in [-0.39, 0.29) is 0 Å². The summed E-state index contributed by atoms with van der Waals surface area (Å²) in [5, 5.41) is 5.23. The van der Waals surface area contributed by atoms with Crippen LogP contribution in [0, 0.1) is 0 Å². The quantitative estimate of drug-likeness (QED) is 0.158. The standard InChI is InChI=1S/C54H35NS/c1-4-10-36(11-5-1)38-18-25-44(26-19-38)55(46-29-33-50-49-32-24-43(37-12-6-2-7-13-37)34-51(49)56-52(50)35-46)45-27-20-40(21-28-45)48-31-23-42-17-16-41-22-30-47(54(48)53(41)42)39-14-8-3-9-15-39/h1-35H. The fraction of sp³-hybridized carbons (Fsp3) is 0. The van der Waals surface area contributed by atoms with Gasteiger partial charge < -0.3 is 4.90 Å². The van der Waals surface area contributed by atoms with Crippen LogP contribution in [-0.4, -0.2) is 0 Å². The van der Waals surface area contributed by atoms with E-state index in [0.29, 0.717) is 0 Å². The molecule has 0 bridgehead atoms. The lowest BCUT2D eigenvalue weighted by atomic mass is 9.89. The van der Waals surface area contributed by atoms with Gasteiger partial charge in [0.25, 0.3) is 0 Å². The molecule has 262 valence electrons. The maximum Gasteiger partial charge on any atom is 0.0476 e. The van der Waals surface area contributed by atoms with E-state index < -0.39 is 0 Å². The Bertz CT molecular complexity index is 3070. The van der Waals surface area contributed by atoms with Gasteiger partial charge in [-0.25, -0.2) is 0 Å². The van der Waals surface area contributed by atoms with Crippen molar-refractivity contribution in [2.24, 2.45) is 0 Å². The first-order valence-corrected chi connectivity index (χ1v) is 20.0. The Hall–Kier alpha value is -7.00. The van der Waals surface area contributed by atoms with Crippen molar-refractivity contribution in [2.75, 3.05) is 4.90 Å². The second-order valence-corrected chi connectivity index (χ2v) is 15.6. The van der Waals surface area contributed by atoms with Crippen molar-refractivity contribution in [3.8, 4) is 44.5 Å². The van der Waals surface area contributed by atoms with Crippen LogP contribution in [0.4, 0.5) is 17.1 Å². The predicted molar refractivity (Wildman–Crippen MR) is 242 cm³/mol. The Kier molecular flexibility index (Phi) is 7.75. The summed E-state index contributed by atoms with van der Waals surface area (Å²) in [7, 11) is 0. The Morgan fingerprint density at radius 3 is 1.32 bits per heavy atom. The van der Waals surface area contributed by atoms with E-state index in [0.717, 1.165) is 17.1 Å². The first kappa shape index (κ1) is 32.4. The van der Waals surface area contributed by atoms with E-state index in [1.807, 2.05) is 11.3 Å². The second kappa shape index (κ2) is 13.4. The molecule has 1 nitrogen and oxygen atoms in total. The lowest BCUT2D eigenvalue weighted by Gasteiger charge is -2.26. The highest BCUT2D eigenvalue weighted by Crippen LogP contribution is 2.45. The summed E-state index contributed by atoms with van der Waals surface area (Å²) in [6, 6.07) is 73.1. The largest absolute Gasteiger partial charge is 0.310 e. The Balaban J connectivity index is 1.03. The van der Waals surface area contributed by atoms with Gasteiger partial charge in [-0.1, -0.05) is 170 Å². The predicted octanol–water partition coefficient (Wildman–Crippen LogP) is 15.8. The van der Waals surface area contributed by atoms with E-state index in [9.17, 15) is 0 Å². The molecule has 1 aromatic heterocycles. The molecule has 0 atom stereocenters. The highest BCUT2D eigenvalue weighted by atomic mass is 32.1. The molecule has 0 unspecified atom stereocenters. The Morgan fingerprint density at radius 2 is 0.732 bits per heavy atom. The van der Waals surface area contributed by atoms with Gasteiger partial charge >= 0.3 is 0 Å². The van der Waals surface area contributed by atoms with E-state index in [1.54, 1.807) is 0 Å². The van der Waals surface area contributed by atoms with Crippen LogP contribution < -0.4 is 4.90 Å². The third-order valence-electron chi connectivity index (χ3n) is 11.2. The van der Waals surface area contributed by atoms with Crippen molar-refractivity contribution in [2.45, 2.75) is 0 Å². The van der Waals surface area contributed by atoms with Crippen LogP contribution >= 0.6 is 11.3 Å². The van der Waals surface area contributed by atoms with Gasteiger partial charge in [0.05, 0.1) is 0 Å². The monoisotopic (exact) mass is 729 g/mol. The average Bonchev–Trinajstić information content (AvgIpc) is 3.87. The minimum absolute atomic E-state index is 1.11. The summed E-state index contributed by atoms with van der Waals surface area (Å²) in [4.78, 5) is 2.39. The molecule has 10 aromatic rings. The zero-order valence-corrected chi connectivity index (χ0v) is 31.4. The van der Waals surface area contributed by atoms with Crippen molar-refractivity contribution in [3.63, 3.8) is 0 Å². The van der Waals surface area contributed by atoms with Crippen LogP contribution in [0.15, 0.2) is 200 Å². The van der Waals surface area contributed by atoms with Gasteiger partial charge in [0, 0.05) is 37.2 Å². The molecule has 0 fully saturated rings. The van der Waals surface area contributed by atoms with Crippen molar-refractivity contribution in [3.05, 3.63) is 211 Å². The van der Waals surface area contributed by atoms with E-state index >= 15 is 0 Å². The van der Waals surface area contributed by atoms with Crippen LogP contribution in [0.25, 0.3) is 87.6 Å². The van der Waals surface area contributed by atoms with Gasteiger partial charge in [0.1, 0.15) is 0 Å². The lowest BCUT2D eigenvalue weighted by molar-refractivity contribution is 1.29. The number of anilines is 3. The van der Waals surface area contributed by atoms with Crippen LogP contribution in [0.3, 0.4) is 0 Å². The number of hydrogen-bond donors (Lipinski definition) is 0. The molecule has 0 amide bonds. The topological polar surface area (TPSA) is 3.24 Å². The average molecular weight is 730 g/mol. The van der Waals surface area contributed by atoms with Gasteiger partial charge in [0.15, 0.2) is 0 Å². The van der Waals surface area contributed by atoms with Gasteiger partial charge in [-0.05, 0) is 109 Å². The first-order valence-electron chi connectivity index (χ1n) is 19.2. The Labute approximate surface area is 330 Å². The van der Waals surface area contributed by atoms with Crippen LogP contribution in [0.2, 0.25) is 0 Å². The third kappa shape index (κ3) is 5.54. The highest BCUT2D eigenvalue weighted by molar-refractivity contribution is 7.25. The second-order valence-electron chi connectivity index (χ2n) is 14.5. The zero-order valence-electron chi connectivity index (χ0n) is 30.6.